The van der Waals surface area contributed by atoms with Gasteiger partial charge in [-0.25, -0.2) is 0 Å². The smallest absolute Gasteiger partial charge is 0.0406 e. The minimum atomic E-state index is 0. The van der Waals surface area contributed by atoms with Gasteiger partial charge >= 0.3 is 0 Å². The van der Waals surface area contributed by atoms with E-state index < -0.39 is 0 Å². The van der Waals surface area contributed by atoms with Crippen LogP contribution >= 0.6 is 48.2 Å². The zero-order valence-electron chi connectivity index (χ0n) is 15.3. The molecule has 1 aliphatic heterocycles. The van der Waals surface area contributed by atoms with Crippen LogP contribution in [-0.4, -0.2) is 31.1 Å². The molecule has 1 saturated carbocycles. The Balaban J connectivity index is 0.00000131. The molecular weight excluding hydrogens is 419 g/mol. The number of piperazine rings is 1. The Labute approximate surface area is 184 Å². The maximum atomic E-state index is 6.04. The van der Waals surface area contributed by atoms with Gasteiger partial charge in [0.15, 0.2) is 0 Å². The lowest BCUT2D eigenvalue weighted by Crippen LogP contribution is -2.48. The van der Waals surface area contributed by atoms with Gasteiger partial charge in [0, 0.05) is 47.0 Å². The summed E-state index contributed by atoms with van der Waals surface area (Å²) in [4.78, 5) is 5.35. The van der Waals surface area contributed by atoms with Crippen molar-refractivity contribution in [3.63, 3.8) is 0 Å². The molecule has 148 valence electrons. The van der Waals surface area contributed by atoms with Gasteiger partial charge in [-0.15, -0.1) is 24.8 Å². The number of hydrogen-bond acceptors (Lipinski definition) is 3. The van der Waals surface area contributed by atoms with Gasteiger partial charge < -0.3 is 5.32 Å². The zero-order valence-corrected chi connectivity index (χ0v) is 18.5. The summed E-state index contributed by atoms with van der Waals surface area (Å²) in [6.07, 6.45) is 4.13. The third-order valence-corrected chi connectivity index (χ3v) is 6.77. The third-order valence-electron chi connectivity index (χ3n) is 5.42. The van der Waals surface area contributed by atoms with Crippen LogP contribution in [0.25, 0.3) is 0 Å². The molecule has 1 aliphatic carbocycles. The molecule has 1 heterocycles. The zero-order chi connectivity index (χ0) is 17.1. The van der Waals surface area contributed by atoms with E-state index in [1.54, 1.807) is 0 Å². The predicted octanol–water partition coefficient (Wildman–Crippen LogP) is 6.08. The monoisotopic (exact) mass is 444 g/mol. The molecule has 0 spiro atoms. The highest BCUT2D eigenvalue weighted by Crippen LogP contribution is 2.45. The van der Waals surface area contributed by atoms with Gasteiger partial charge in [0.05, 0.1) is 0 Å². The van der Waals surface area contributed by atoms with Crippen molar-refractivity contribution in [2.45, 2.75) is 35.1 Å². The minimum absolute atomic E-state index is 0. The molecular formula is C21H27Cl3N2S. The van der Waals surface area contributed by atoms with E-state index in [1.807, 2.05) is 23.9 Å². The van der Waals surface area contributed by atoms with Gasteiger partial charge in [-0.3, -0.25) is 4.90 Å². The van der Waals surface area contributed by atoms with Crippen LogP contribution in [0.5, 0.6) is 0 Å². The Morgan fingerprint density at radius 1 is 0.963 bits per heavy atom. The van der Waals surface area contributed by atoms with Crippen molar-refractivity contribution in [2.24, 2.45) is 5.92 Å². The minimum Gasteiger partial charge on any atom is -0.314 e. The fourth-order valence-electron chi connectivity index (χ4n) is 3.91. The highest BCUT2D eigenvalue weighted by atomic mass is 35.5. The fourth-order valence-corrected chi connectivity index (χ4v) is 5.02. The van der Waals surface area contributed by atoms with Crippen LogP contribution in [0.2, 0.25) is 5.02 Å². The Morgan fingerprint density at radius 3 is 2.26 bits per heavy atom. The first kappa shape index (κ1) is 22.9. The second-order valence-corrected chi connectivity index (χ2v) is 8.57. The van der Waals surface area contributed by atoms with Gasteiger partial charge in [0.25, 0.3) is 0 Å². The molecule has 0 bridgehead atoms. The van der Waals surface area contributed by atoms with E-state index in [9.17, 15) is 0 Å². The summed E-state index contributed by atoms with van der Waals surface area (Å²) in [7, 11) is 0. The molecule has 4 rings (SSSR count). The van der Waals surface area contributed by atoms with Crippen molar-refractivity contribution in [3.8, 4) is 0 Å². The molecule has 1 saturated heterocycles. The molecule has 6 heteroatoms. The predicted molar refractivity (Wildman–Crippen MR) is 121 cm³/mol. The van der Waals surface area contributed by atoms with E-state index in [0.29, 0.717) is 6.04 Å². The second kappa shape index (κ2) is 10.9. The normalized spacial score (nSPS) is 18.7. The number of rotatable bonds is 5. The van der Waals surface area contributed by atoms with Gasteiger partial charge in [-0.05, 0) is 54.7 Å². The number of hydrogen-bond donors (Lipinski definition) is 1. The molecule has 0 unspecified atom stereocenters. The highest BCUT2D eigenvalue weighted by Gasteiger charge is 2.34. The molecule has 2 fully saturated rings. The lowest BCUT2D eigenvalue weighted by Gasteiger charge is -2.43. The maximum Gasteiger partial charge on any atom is 0.0406 e. The molecule has 0 amide bonds. The molecule has 0 aromatic heterocycles. The summed E-state index contributed by atoms with van der Waals surface area (Å²) in [6, 6.07) is 17.8. The Bertz CT molecular complexity index is 701. The molecule has 2 nitrogen and oxygen atoms in total. The van der Waals surface area contributed by atoms with Crippen LogP contribution in [0.1, 0.15) is 30.9 Å². The van der Waals surface area contributed by atoms with Gasteiger partial charge in [-0.1, -0.05) is 48.0 Å². The van der Waals surface area contributed by atoms with E-state index in [2.05, 4.69) is 46.6 Å². The molecule has 2 aromatic carbocycles. The first-order valence-corrected chi connectivity index (χ1v) is 10.5. The first-order chi connectivity index (χ1) is 12.3. The quantitative estimate of drug-likeness (QED) is 0.600. The van der Waals surface area contributed by atoms with Crippen molar-refractivity contribution in [3.05, 3.63) is 59.1 Å². The Hall–Kier alpha value is -0.420. The number of nitrogens with one attached hydrogen (secondary N) is 1. The van der Waals surface area contributed by atoms with Crippen molar-refractivity contribution >= 4 is 48.2 Å². The van der Waals surface area contributed by atoms with Crippen molar-refractivity contribution in [1.82, 2.24) is 10.2 Å². The van der Waals surface area contributed by atoms with Gasteiger partial charge in [0.1, 0.15) is 0 Å². The second-order valence-electron chi connectivity index (χ2n) is 7.02. The van der Waals surface area contributed by atoms with E-state index in [-0.39, 0.29) is 24.8 Å². The summed E-state index contributed by atoms with van der Waals surface area (Å²) < 4.78 is 0. The van der Waals surface area contributed by atoms with Crippen LogP contribution in [-0.2, 0) is 0 Å². The van der Waals surface area contributed by atoms with Crippen LogP contribution in [0.15, 0.2) is 58.3 Å². The van der Waals surface area contributed by atoms with E-state index in [0.717, 1.165) is 37.1 Å². The van der Waals surface area contributed by atoms with Crippen LogP contribution < -0.4 is 5.32 Å². The average molecular weight is 446 g/mol. The van der Waals surface area contributed by atoms with Crippen molar-refractivity contribution in [1.29, 1.82) is 0 Å². The van der Waals surface area contributed by atoms with E-state index >= 15 is 0 Å². The number of nitrogens with zero attached hydrogens (tertiary/aromatic N) is 1. The first-order valence-electron chi connectivity index (χ1n) is 9.28. The Morgan fingerprint density at radius 2 is 1.63 bits per heavy atom. The number of benzene rings is 2. The van der Waals surface area contributed by atoms with Crippen molar-refractivity contribution < 1.29 is 0 Å². The topological polar surface area (TPSA) is 15.3 Å². The number of halogens is 3. The van der Waals surface area contributed by atoms with Crippen LogP contribution in [0.4, 0.5) is 0 Å². The highest BCUT2D eigenvalue weighted by molar-refractivity contribution is 7.99. The lowest BCUT2D eigenvalue weighted by molar-refractivity contribution is 0.0820. The average Bonchev–Trinajstić information content (AvgIpc) is 2.61. The third kappa shape index (κ3) is 5.56. The van der Waals surface area contributed by atoms with Gasteiger partial charge in [-0.2, -0.15) is 0 Å². The fraction of sp³-hybridized carbons (Fsp3) is 0.429. The Kier molecular flexibility index (Phi) is 9.27. The summed E-state index contributed by atoms with van der Waals surface area (Å²) in [6.45, 7) is 4.52. The summed E-state index contributed by atoms with van der Waals surface area (Å²) in [5, 5.41) is 4.29. The molecule has 1 atom stereocenters. The van der Waals surface area contributed by atoms with Crippen molar-refractivity contribution in [2.75, 3.05) is 26.2 Å². The maximum absolute atomic E-state index is 6.04. The molecule has 2 aromatic rings. The molecule has 2 aliphatic rings. The largest absolute Gasteiger partial charge is 0.314 e. The molecule has 0 radical (unpaired) electrons. The molecule has 1 N–H and O–H groups in total. The van der Waals surface area contributed by atoms with Gasteiger partial charge in [0.2, 0.25) is 0 Å². The van der Waals surface area contributed by atoms with E-state index in [1.165, 1.54) is 34.6 Å². The van der Waals surface area contributed by atoms with E-state index in [4.69, 9.17) is 11.6 Å². The van der Waals surface area contributed by atoms with Crippen LogP contribution in [0, 0.1) is 5.92 Å². The SMILES string of the molecule is Cl.Cl.Clc1ccc(Sc2ccccc2[C@H](C2CCC2)N2CCNCC2)cc1. The standard InChI is InChI=1S/C21H25ClN2S.2ClH/c22-17-8-10-18(11-9-17)25-20-7-2-1-6-19(20)21(16-4-3-5-16)24-14-12-23-13-15-24;;/h1-2,6-11,16,21,23H,3-5,12-15H2;2*1H/t21-;;/m0../s1. The summed E-state index contributed by atoms with van der Waals surface area (Å²) in [5.41, 5.74) is 1.51. The lowest BCUT2D eigenvalue weighted by atomic mass is 9.76. The summed E-state index contributed by atoms with van der Waals surface area (Å²) >= 11 is 7.91. The summed E-state index contributed by atoms with van der Waals surface area (Å²) in [5.74, 6) is 0.810. The van der Waals surface area contributed by atoms with Crippen LogP contribution in [0.3, 0.4) is 0 Å². The molecule has 27 heavy (non-hydrogen) atoms.